The molecule has 1 heterocycles. The molecule has 1 aromatic rings. The Balaban J connectivity index is 1.79. The van der Waals surface area contributed by atoms with Gasteiger partial charge in [-0.1, -0.05) is 11.6 Å². The number of hydrogen-bond acceptors (Lipinski definition) is 4. The number of benzene rings is 1. The molecule has 0 unspecified atom stereocenters. The van der Waals surface area contributed by atoms with Gasteiger partial charge in [-0.2, -0.15) is 0 Å². The maximum Gasteiger partial charge on any atom is 0.138 e. The third kappa shape index (κ3) is 3.77. The van der Waals surface area contributed by atoms with Crippen molar-refractivity contribution >= 4 is 17.3 Å². The van der Waals surface area contributed by atoms with Gasteiger partial charge in [0.15, 0.2) is 0 Å². The quantitative estimate of drug-likeness (QED) is 0.888. The number of nitrogens with zero attached hydrogens (tertiary/aromatic N) is 1. The summed E-state index contributed by atoms with van der Waals surface area (Å²) in [5.74, 6) is 0.740. The minimum atomic E-state index is 0.642. The van der Waals surface area contributed by atoms with Crippen LogP contribution < -0.4 is 10.1 Å². The Labute approximate surface area is 113 Å². The van der Waals surface area contributed by atoms with Gasteiger partial charge in [-0.05, 0) is 18.2 Å². The monoisotopic (exact) mass is 270 g/mol. The molecule has 5 heteroatoms. The molecule has 1 aliphatic heterocycles. The van der Waals surface area contributed by atoms with Gasteiger partial charge in [0.05, 0.1) is 18.2 Å². The first-order chi connectivity index (χ1) is 8.79. The van der Waals surface area contributed by atoms with Crippen molar-refractivity contribution in [2.75, 3.05) is 51.8 Å². The van der Waals surface area contributed by atoms with Crippen molar-refractivity contribution in [2.45, 2.75) is 0 Å². The Hall–Kier alpha value is -0.970. The number of ether oxygens (including phenoxy) is 2. The molecular weight excluding hydrogens is 252 g/mol. The highest BCUT2D eigenvalue weighted by Gasteiger charge is 2.10. The van der Waals surface area contributed by atoms with Gasteiger partial charge < -0.3 is 14.8 Å². The zero-order valence-corrected chi connectivity index (χ0v) is 11.4. The summed E-state index contributed by atoms with van der Waals surface area (Å²) in [6.45, 7) is 5.16. The molecule has 0 aromatic heterocycles. The number of hydrogen-bond donors (Lipinski definition) is 1. The maximum absolute atomic E-state index is 6.13. The second-order valence-electron chi connectivity index (χ2n) is 4.20. The van der Waals surface area contributed by atoms with Crippen molar-refractivity contribution in [3.8, 4) is 5.75 Å². The molecule has 18 heavy (non-hydrogen) atoms. The topological polar surface area (TPSA) is 33.7 Å². The highest BCUT2D eigenvalue weighted by molar-refractivity contribution is 6.32. The Morgan fingerprint density at radius 2 is 2.17 bits per heavy atom. The van der Waals surface area contributed by atoms with Gasteiger partial charge >= 0.3 is 0 Å². The smallest absolute Gasteiger partial charge is 0.138 e. The summed E-state index contributed by atoms with van der Waals surface area (Å²) in [6, 6.07) is 5.72. The lowest BCUT2D eigenvalue weighted by atomic mass is 10.3. The van der Waals surface area contributed by atoms with Crippen molar-refractivity contribution in [3.63, 3.8) is 0 Å². The molecule has 0 spiro atoms. The zero-order chi connectivity index (χ0) is 12.8. The molecule has 1 aromatic carbocycles. The lowest BCUT2D eigenvalue weighted by molar-refractivity contribution is 0.0322. The van der Waals surface area contributed by atoms with Gasteiger partial charge in [0.2, 0.25) is 0 Å². The first-order valence-electron chi connectivity index (χ1n) is 6.20. The average molecular weight is 271 g/mol. The van der Waals surface area contributed by atoms with Crippen LogP contribution in [0.4, 0.5) is 5.69 Å². The molecule has 2 rings (SSSR count). The summed E-state index contributed by atoms with van der Waals surface area (Å²) >= 11 is 6.13. The van der Waals surface area contributed by atoms with Crippen molar-refractivity contribution in [1.82, 2.24) is 4.90 Å². The van der Waals surface area contributed by atoms with E-state index in [9.17, 15) is 0 Å². The summed E-state index contributed by atoms with van der Waals surface area (Å²) < 4.78 is 11.0. The van der Waals surface area contributed by atoms with Crippen LogP contribution in [-0.2, 0) is 4.74 Å². The predicted octanol–water partition coefficient (Wildman–Crippen LogP) is 2.09. The van der Waals surface area contributed by atoms with E-state index in [0.29, 0.717) is 11.6 Å². The molecule has 1 saturated heterocycles. The van der Waals surface area contributed by atoms with Gasteiger partial charge in [0, 0.05) is 32.4 Å². The van der Waals surface area contributed by atoms with E-state index >= 15 is 0 Å². The van der Waals surface area contributed by atoms with Crippen molar-refractivity contribution in [1.29, 1.82) is 0 Å². The Morgan fingerprint density at radius 3 is 2.83 bits per heavy atom. The molecule has 0 saturated carbocycles. The third-order valence-corrected chi connectivity index (χ3v) is 3.28. The number of halogens is 1. The van der Waals surface area contributed by atoms with Crippen LogP contribution in [0, 0.1) is 0 Å². The van der Waals surface area contributed by atoms with Crippen LogP contribution in [0.3, 0.4) is 0 Å². The second-order valence-corrected chi connectivity index (χ2v) is 4.60. The second kappa shape index (κ2) is 6.83. The van der Waals surface area contributed by atoms with E-state index in [1.807, 2.05) is 25.2 Å². The fraction of sp³-hybridized carbons (Fsp3) is 0.538. The van der Waals surface area contributed by atoms with E-state index in [4.69, 9.17) is 21.1 Å². The van der Waals surface area contributed by atoms with Crippen LogP contribution in [0.2, 0.25) is 5.02 Å². The third-order valence-electron chi connectivity index (χ3n) is 2.99. The van der Waals surface area contributed by atoms with E-state index in [-0.39, 0.29) is 0 Å². The number of anilines is 1. The molecule has 0 bridgehead atoms. The summed E-state index contributed by atoms with van der Waals surface area (Å²) in [5.41, 5.74) is 0.987. The van der Waals surface area contributed by atoms with E-state index < -0.39 is 0 Å². The summed E-state index contributed by atoms with van der Waals surface area (Å²) in [6.07, 6.45) is 0. The molecule has 1 fully saturated rings. The van der Waals surface area contributed by atoms with Gasteiger partial charge in [-0.3, -0.25) is 4.90 Å². The van der Waals surface area contributed by atoms with Crippen molar-refractivity contribution in [2.24, 2.45) is 0 Å². The molecule has 1 aliphatic rings. The Kier molecular flexibility index (Phi) is 5.11. The normalized spacial score (nSPS) is 16.6. The van der Waals surface area contributed by atoms with E-state index in [2.05, 4.69) is 10.2 Å². The minimum absolute atomic E-state index is 0.642. The molecule has 0 radical (unpaired) electrons. The van der Waals surface area contributed by atoms with Gasteiger partial charge in [-0.15, -0.1) is 0 Å². The van der Waals surface area contributed by atoms with Crippen LogP contribution in [0.25, 0.3) is 0 Å². The zero-order valence-electron chi connectivity index (χ0n) is 10.6. The molecule has 100 valence electrons. The van der Waals surface area contributed by atoms with Gasteiger partial charge in [-0.25, -0.2) is 0 Å². The van der Waals surface area contributed by atoms with Crippen LogP contribution in [-0.4, -0.2) is 51.4 Å². The fourth-order valence-corrected chi connectivity index (χ4v) is 2.12. The van der Waals surface area contributed by atoms with Gasteiger partial charge in [0.1, 0.15) is 12.4 Å². The maximum atomic E-state index is 6.13. The van der Waals surface area contributed by atoms with E-state index in [1.54, 1.807) is 0 Å². The van der Waals surface area contributed by atoms with Crippen molar-refractivity contribution in [3.05, 3.63) is 23.2 Å². The predicted molar refractivity (Wildman–Crippen MR) is 73.8 cm³/mol. The Morgan fingerprint density at radius 1 is 1.39 bits per heavy atom. The van der Waals surface area contributed by atoms with E-state index in [1.165, 1.54) is 0 Å². The SMILES string of the molecule is CNc1ccc(OCCN2CCOCC2)c(Cl)c1. The first kappa shape index (κ1) is 13.5. The lowest BCUT2D eigenvalue weighted by Gasteiger charge is -2.26. The Bertz CT molecular complexity index is 381. The molecule has 1 N–H and O–H groups in total. The molecule has 0 atom stereocenters. The van der Waals surface area contributed by atoms with Gasteiger partial charge in [0.25, 0.3) is 0 Å². The average Bonchev–Trinajstić information content (AvgIpc) is 2.42. The molecule has 4 nitrogen and oxygen atoms in total. The summed E-state index contributed by atoms with van der Waals surface area (Å²) in [4.78, 5) is 2.33. The van der Waals surface area contributed by atoms with Crippen LogP contribution in [0.15, 0.2) is 18.2 Å². The highest BCUT2D eigenvalue weighted by atomic mass is 35.5. The van der Waals surface area contributed by atoms with E-state index in [0.717, 1.165) is 44.3 Å². The minimum Gasteiger partial charge on any atom is -0.491 e. The summed E-state index contributed by atoms with van der Waals surface area (Å²) in [7, 11) is 1.87. The number of rotatable bonds is 5. The molecule has 0 amide bonds. The first-order valence-corrected chi connectivity index (χ1v) is 6.57. The van der Waals surface area contributed by atoms with Crippen LogP contribution in [0.1, 0.15) is 0 Å². The molecular formula is C13H19ClN2O2. The van der Waals surface area contributed by atoms with Crippen LogP contribution in [0.5, 0.6) is 5.75 Å². The number of nitrogens with one attached hydrogen (secondary N) is 1. The van der Waals surface area contributed by atoms with Crippen molar-refractivity contribution < 1.29 is 9.47 Å². The highest BCUT2D eigenvalue weighted by Crippen LogP contribution is 2.27. The van der Waals surface area contributed by atoms with Crippen LogP contribution >= 0.6 is 11.6 Å². The standard InChI is InChI=1S/C13H19ClN2O2/c1-15-11-2-3-13(12(14)10-11)18-9-6-16-4-7-17-8-5-16/h2-3,10,15H,4-9H2,1H3. The number of morpholine rings is 1. The lowest BCUT2D eigenvalue weighted by Crippen LogP contribution is -2.38. The summed E-state index contributed by atoms with van der Waals surface area (Å²) in [5, 5.41) is 3.68. The molecule has 0 aliphatic carbocycles. The fourth-order valence-electron chi connectivity index (χ4n) is 1.88. The largest absolute Gasteiger partial charge is 0.491 e.